The normalized spacial score (nSPS) is 34.8. The van der Waals surface area contributed by atoms with Crippen LogP contribution in [0.1, 0.15) is 13.3 Å². The summed E-state index contributed by atoms with van der Waals surface area (Å²) in [6.07, 6.45) is 1.06. The van der Waals surface area contributed by atoms with E-state index in [1.807, 2.05) is 0 Å². The van der Waals surface area contributed by atoms with Crippen molar-refractivity contribution in [2.24, 2.45) is 11.8 Å². The Balaban J connectivity index is 2.28. The number of carbonyl (C=O) groups excluding carboxylic acids is 1. The molecular weight excluding hydrogens is 124 g/mol. The second-order valence-corrected chi connectivity index (χ2v) is 2.69. The Morgan fingerprint density at radius 3 is 2.50 bits per heavy atom. The zero-order valence-electron chi connectivity index (χ0n) is 4.86. The molecule has 8 heavy (non-hydrogen) atoms. The van der Waals surface area contributed by atoms with E-state index < -0.39 is 0 Å². The number of rotatable bonds is 2. The van der Waals surface area contributed by atoms with Gasteiger partial charge in [-0.15, -0.1) is 11.6 Å². The number of hydrogen-bond donors (Lipinski definition) is 0. The molecule has 0 heterocycles. The molecule has 1 aliphatic carbocycles. The lowest BCUT2D eigenvalue weighted by Crippen LogP contribution is -2.01. The smallest absolute Gasteiger partial charge is 0.150 e. The van der Waals surface area contributed by atoms with Gasteiger partial charge in [0.2, 0.25) is 0 Å². The summed E-state index contributed by atoms with van der Waals surface area (Å²) in [5.41, 5.74) is 0. The van der Waals surface area contributed by atoms with Gasteiger partial charge < -0.3 is 0 Å². The summed E-state index contributed by atoms with van der Waals surface area (Å²) in [4.78, 5) is 10.7. The van der Waals surface area contributed by atoms with Crippen LogP contribution in [0.3, 0.4) is 0 Å². The van der Waals surface area contributed by atoms with Gasteiger partial charge in [-0.2, -0.15) is 0 Å². The third kappa shape index (κ3) is 1.03. The first-order chi connectivity index (χ1) is 3.75. The Morgan fingerprint density at radius 2 is 2.38 bits per heavy atom. The van der Waals surface area contributed by atoms with Crippen molar-refractivity contribution in [3.63, 3.8) is 0 Å². The van der Waals surface area contributed by atoms with E-state index in [9.17, 15) is 4.79 Å². The highest BCUT2D eigenvalue weighted by molar-refractivity contribution is 6.28. The van der Waals surface area contributed by atoms with Gasteiger partial charge in [-0.05, 0) is 12.3 Å². The summed E-state index contributed by atoms with van der Waals surface area (Å²) in [6.45, 7) is 2.08. The molecule has 0 bridgehead atoms. The van der Waals surface area contributed by atoms with E-state index in [-0.39, 0.29) is 11.7 Å². The number of hydrogen-bond acceptors (Lipinski definition) is 1. The summed E-state index contributed by atoms with van der Waals surface area (Å²) in [7, 11) is 0. The molecule has 2 heteroatoms. The van der Waals surface area contributed by atoms with E-state index in [1.165, 1.54) is 0 Å². The van der Waals surface area contributed by atoms with Crippen LogP contribution in [-0.2, 0) is 4.79 Å². The van der Waals surface area contributed by atoms with Crippen molar-refractivity contribution < 1.29 is 4.79 Å². The summed E-state index contributed by atoms with van der Waals surface area (Å²) < 4.78 is 0. The van der Waals surface area contributed by atoms with E-state index in [0.29, 0.717) is 11.8 Å². The fraction of sp³-hybridized carbons (Fsp3) is 0.833. The van der Waals surface area contributed by atoms with Gasteiger partial charge in [-0.25, -0.2) is 0 Å². The zero-order chi connectivity index (χ0) is 6.15. The van der Waals surface area contributed by atoms with Crippen molar-refractivity contribution >= 4 is 17.4 Å². The van der Waals surface area contributed by atoms with Gasteiger partial charge >= 0.3 is 0 Å². The first kappa shape index (κ1) is 6.09. The maximum Gasteiger partial charge on any atom is 0.150 e. The predicted octanol–water partition coefficient (Wildman–Crippen LogP) is 1.45. The molecule has 2 atom stereocenters. The highest BCUT2D eigenvalue weighted by Gasteiger charge is 2.37. The lowest BCUT2D eigenvalue weighted by Gasteiger charge is -1.86. The van der Waals surface area contributed by atoms with Crippen molar-refractivity contribution in [2.45, 2.75) is 13.3 Å². The second kappa shape index (κ2) is 2.06. The number of Topliss-reactive ketones (excluding diaryl/α,β-unsaturated/α-hetero) is 1. The van der Waals surface area contributed by atoms with Gasteiger partial charge in [0.15, 0.2) is 5.78 Å². The Morgan fingerprint density at radius 1 is 1.88 bits per heavy atom. The Bertz CT molecular complexity index is 111. The molecule has 0 unspecified atom stereocenters. The largest absolute Gasteiger partial charge is 0.298 e. The van der Waals surface area contributed by atoms with Crippen LogP contribution in [0.15, 0.2) is 0 Å². The minimum Gasteiger partial charge on any atom is -0.298 e. The summed E-state index contributed by atoms with van der Waals surface area (Å²) >= 11 is 5.30. The maximum atomic E-state index is 10.7. The molecule has 0 aromatic carbocycles. The molecule has 0 aromatic rings. The SMILES string of the molecule is C[C@@H]1C[C@H]1C(=O)CCl. The molecule has 0 radical (unpaired) electrons. The molecular formula is C6H9ClO. The third-order valence-corrected chi connectivity index (χ3v) is 1.92. The molecule has 1 fully saturated rings. The standard InChI is InChI=1S/C6H9ClO/c1-4-2-5(4)6(8)3-7/h4-5H,2-3H2,1H3/t4-,5-/m1/s1. The van der Waals surface area contributed by atoms with Crippen LogP contribution in [0.4, 0.5) is 0 Å². The van der Waals surface area contributed by atoms with Crippen LogP contribution in [0.25, 0.3) is 0 Å². The molecule has 1 nitrogen and oxygen atoms in total. The van der Waals surface area contributed by atoms with Crippen LogP contribution in [0, 0.1) is 11.8 Å². The molecule has 46 valence electrons. The van der Waals surface area contributed by atoms with Crippen molar-refractivity contribution in [3.8, 4) is 0 Å². The van der Waals surface area contributed by atoms with Crippen molar-refractivity contribution in [3.05, 3.63) is 0 Å². The van der Waals surface area contributed by atoms with E-state index in [4.69, 9.17) is 11.6 Å². The second-order valence-electron chi connectivity index (χ2n) is 2.42. The molecule has 0 aromatic heterocycles. The topological polar surface area (TPSA) is 17.1 Å². The van der Waals surface area contributed by atoms with E-state index in [0.717, 1.165) is 6.42 Å². The van der Waals surface area contributed by atoms with Crippen LogP contribution in [-0.4, -0.2) is 11.7 Å². The number of ketones is 1. The minimum absolute atomic E-state index is 0.203. The molecule has 1 saturated carbocycles. The summed E-state index contributed by atoms with van der Waals surface area (Å²) in [5.74, 6) is 1.35. The highest BCUT2D eigenvalue weighted by Crippen LogP contribution is 2.38. The molecule has 1 rings (SSSR count). The minimum atomic E-state index is 0.203. The number of carbonyl (C=O) groups is 1. The molecule has 0 spiro atoms. The van der Waals surface area contributed by atoms with Crippen molar-refractivity contribution in [2.75, 3.05) is 5.88 Å². The summed E-state index contributed by atoms with van der Waals surface area (Å²) in [5, 5.41) is 0. The van der Waals surface area contributed by atoms with Crippen LogP contribution >= 0.6 is 11.6 Å². The van der Waals surface area contributed by atoms with Gasteiger partial charge in [0, 0.05) is 5.92 Å². The highest BCUT2D eigenvalue weighted by atomic mass is 35.5. The van der Waals surface area contributed by atoms with E-state index in [1.54, 1.807) is 0 Å². The fourth-order valence-corrected chi connectivity index (χ4v) is 1.07. The Kier molecular flexibility index (Phi) is 1.57. The van der Waals surface area contributed by atoms with E-state index in [2.05, 4.69) is 6.92 Å². The number of alkyl halides is 1. The first-order valence-corrected chi connectivity index (χ1v) is 3.38. The molecule has 0 aliphatic heterocycles. The quantitative estimate of drug-likeness (QED) is 0.520. The average Bonchev–Trinajstić information content (AvgIpc) is 2.45. The number of halogens is 1. The lowest BCUT2D eigenvalue weighted by atomic mass is 10.2. The van der Waals surface area contributed by atoms with Crippen molar-refractivity contribution in [1.29, 1.82) is 0 Å². The lowest BCUT2D eigenvalue weighted by molar-refractivity contribution is -0.118. The monoisotopic (exact) mass is 132 g/mol. The predicted molar refractivity (Wildman–Crippen MR) is 33.0 cm³/mol. The first-order valence-electron chi connectivity index (χ1n) is 2.84. The van der Waals surface area contributed by atoms with Gasteiger partial charge in [0.05, 0.1) is 5.88 Å². The molecule has 0 saturated heterocycles. The van der Waals surface area contributed by atoms with E-state index >= 15 is 0 Å². The Labute approximate surface area is 54.0 Å². The van der Waals surface area contributed by atoms with Crippen LogP contribution < -0.4 is 0 Å². The van der Waals surface area contributed by atoms with Gasteiger partial charge in [-0.1, -0.05) is 6.92 Å². The zero-order valence-corrected chi connectivity index (χ0v) is 5.61. The van der Waals surface area contributed by atoms with Gasteiger partial charge in [-0.3, -0.25) is 4.79 Å². The maximum absolute atomic E-state index is 10.7. The van der Waals surface area contributed by atoms with Crippen molar-refractivity contribution in [1.82, 2.24) is 0 Å². The van der Waals surface area contributed by atoms with Crippen LogP contribution in [0.2, 0.25) is 0 Å². The van der Waals surface area contributed by atoms with Crippen LogP contribution in [0.5, 0.6) is 0 Å². The Hall–Kier alpha value is -0.0400. The average molecular weight is 133 g/mol. The van der Waals surface area contributed by atoms with Gasteiger partial charge in [0.1, 0.15) is 0 Å². The van der Waals surface area contributed by atoms with Gasteiger partial charge in [0.25, 0.3) is 0 Å². The molecule has 0 amide bonds. The summed E-state index contributed by atoms with van der Waals surface area (Å²) in [6, 6.07) is 0. The molecule has 0 N–H and O–H groups in total. The molecule has 1 aliphatic rings. The third-order valence-electron chi connectivity index (χ3n) is 1.65. The fourth-order valence-electron chi connectivity index (χ4n) is 0.870.